The van der Waals surface area contributed by atoms with E-state index in [4.69, 9.17) is 17.3 Å². The zero-order chi connectivity index (χ0) is 12.5. The normalized spacial score (nSPS) is 10.1. The summed E-state index contributed by atoms with van der Waals surface area (Å²) in [6, 6.07) is 10.1. The van der Waals surface area contributed by atoms with Crippen LogP contribution in [0.4, 0.5) is 0 Å². The second kappa shape index (κ2) is 8.85. The van der Waals surface area contributed by atoms with Crippen LogP contribution in [-0.2, 0) is 10.5 Å². The number of hydrogen-bond donors (Lipinski definition) is 1. The van der Waals surface area contributed by atoms with Crippen LogP contribution in [0.15, 0.2) is 30.3 Å². The van der Waals surface area contributed by atoms with Crippen molar-refractivity contribution in [3.05, 3.63) is 35.9 Å². The minimum absolute atomic E-state index is 0.184. The maximum atomic E-state index is 10.3. The molecule has 0 heterocycles. The third-order valence-electron chi connectivity index (χ3n) is 1.73. The summed E-state index contributed by atoms with van der Waals surface area (Å²) in [4.78, 5) is 10.3. The van der Waals surface area contributed by atoms with Gasteiger partial charge in [-0.05, 0) is 16.4 Å². The molecule has 1 N–H and O–H groups in total. The average molecular weight is 304 g/mol. The van der Waals surface area contributed by atoms with Crippen LogP contribution in [0, 0.1) is 0 Å². The fraction of sp³-hybridized carbons (Fsp3) is 0.273. The van der Waals surface area contributed by atoms with Gasteiger partial charge in [0.1, 0.15) is 3.53 Å². The van der Waals surface area contributed by atoms with E-state index >= 15 is 0 Å². The van der Waals surface area contributed by atoms with Gasteiger partial charge >= 0.3 is 5.97 Å². The van der Waals surface area contributed by atoms with Gasteiger partial charge in [-0.2, -0.15) is 0 Å². The largest absolute Gasteiger partial charge is 0.481 e. The molecule has 0 aliphatic heterocycles. The summed E-state index contributed by atoms with van der Waals surface area (Å²) < 4.78 is 0.851. The molecule has 0 saturated heterocycles. The number of carbonyl (C=O) groups is 1. The van der Waals surface area contributed by atoms with Crippen molar-refractivity contribution < 1.29 is 9.90 Å². The second-order valence-corrected chi connectivity index (χ2v) is 7.67. The molecule has 17 heavy (non-hydrogen) atoms. The van der Waals surface area contributed by atoms with Gasteiger partial charge in [0.05, 0.1) is 6.42 Å². The molecule has 6 heteroatoms. The molecule has 0 atom stereocenters. The summed E-state index contributed by atoms with van der Waals surface area (Å²) >= 11 is 6.80. The van der Waals surface area contributed by atoms with Gasteiger partial charge < -0.3 is 5.11 Å². The highest BCUT2D eigenvalue weighted by molar-refractivity contribution is 8.88. The highest BCUT2D eigenvalue weighted by atomic mass is 33.1. The molecule has 0 spiro atoms. The van der Waals surface area contributed by atoms with E-state index in [2.05, 4.69) is 12.1 Å². The highest BCUT2D eigenvalue weighted by Crippen LogP contribution is 2.31. The van der Waals surface area contributed by atoms with Crippen LogP contribution in [0.2, 0.25) is 0 Å². The standard InChI is InChI=1S/C11H12O2S4/c12-10(13)6-7-16-17-11(14)15-8-9-4-2-1-3-5-9/h1-5H,6-8H2,(H,12,13). The van der Waals surface area contributed by atoms with Gasteiger partial charge in [-0.15, -0.1) is 11.8 Å². The van der Waals surface area contributed by atoms with Crippen molar-refractivity contribution in [3.63, 3.8) is 0 Å². The van der Waals surface area contributed by atoms with E-state index in [1.54, 1.807) is 11.8 Å². The van der Waals surface area contributed by atoms with Crippen molar-refractivity contribution in [3.8, 4) is 0 Å². The Balaban J connectivity index is 2.11. The van der Waals surface area contributed by atoms with E-state index in [9.17, 15) is 4.79 Å². The maximum absolute atomic E-state index is 10.3. The summed E-state index contributed by atoms with van der Waals surface area (Å²) in [6.45, 7) is 0. The SMILES string of the molecule is O=C(O)CCSSC(=S)SCc1ccccc1. The Morgan fingerprint density at radius 3 is 2.65 bits per heavy atom. The molecule has 0 saturated carbocycles. The molecule has 0 aliphatic rings. The number of rotatable bonds is 6. The van der Waals surface area contributed by atoms with Gasteiger partial charge in [0.2, 0.25) is 0 Å². The predicted octanol–water partition coefficient (Wildman–Crippen LogP) is 4.06. The van der Waals surface area contributed by atoms with E-state index in [1.807, 2.05) is 18.2 Å². The number of carboxylic acids is 1. The Morgan fingerprint density at radius 2 is 2.00 bits per heavy atom. The first-order valence-electron chi connectivity index (χ1n) is 4.90. The molecular weight excluding hydrogens is 292 g/mol. The third-order valence-corrected chi connectivity index (χ3v) is 6.26. The Kier molecular flexibility index (Phi) is 7.75. The van der Waals surface area contributed by atoms with Crippen molar-refractivity contribution in [2.75, 3.05) is 5.75 Å². The van der Waals surface area contributed by atoms with E-state index in [-0.39, 0.29) is 6.42 Å². The van der Waals surface area contributed by atoms with Crippen LogP contribution >= 0.6 is 45.6 Å². The van der Waals surface area contributed by atoms with Gasteiger partial charge in [0.15, 0.2) is 0 Å². The molecule has 1 aromatic rings. The lowest BCUT2D eigenvalue weighted by atomic mass is 10.2. The number of carboxylic acid groups (broad SMARTS) is 1. The average Bonchev–Trinajstić information content (AvgIpc) is 2.33. The van der Waals surface area contributed by atoms with E-state index < -0.39 is 5.97 Å². The number of thiocarbonyl (C=S) groups is 1. The summed E-state index contributed by atoms with van der Waals surface area (Å²) in [7, 11) is 2.98. The first-order chi connectivity index (χ1) is 8.18. The first kappa shape index (κ1) is 14.9. The molecule has 2 nitrogen and oxygen atoms in total. The lowest BCUT2D eigenvalue weighted by Gasteiger charge is -2.02. The maximum Gasteiger partial charge on any atom is 0.304 e. The Bertz CT molecular complexity index is 367. The summed E-state index contributed by atoms with van der Waals surface area (Å²) in [5, 5.41) is 8.47. The Hall–Kier alpha value is -0.170. The zero-order valence-electron chi connectivity index (χ0n) is 9.00. The van der Waals surface area contributed by atoms with Crippen LogP contribution in [0.3, 0.4) is 0 Å². The first-order valence-corrected chi connectivity index (χ1v) is 8.61. The summed E-state index contributed by atoms with van der Waals surface area (Å²) in [5.41, 5.74) is 1.25. The number of aliphatic carboxylic acids is 1. The topological polar surface area (TPSA) is 37.3 Å². The predicted molar refractivity (Wildman–Crippen MR) is 82.6 cm³/mol. The van der Waals surface area contributed by atoms with Gasteiger partial charge in [-0.25, -0.2) is 0 Å². The van der Waals surface area contributed by atoms with Crippen LogP contribution in [0.1, 0.15) is 12.0 Å². The fourth-order valence-electron chi connectivity index (χ4n) is 0.959. The molecule has 0 radical (unpaired) electrons. The smallest absolute Gasteiger partial charge is 0.304 e. The molecule has 0 fully saturated rings. The number of thioether (sulfide) groups is 1. The monoisotopic (exact) mass is 304 g/mol. The molecular formula is C11H12O2S4. The molecule has 0 aliphatic carbocycles. The van der Waals surface area contributed by atoms with Crippen molar-refractivity contribution >= 4 is 55.1 Å². The highest BCUT2D eigenvalue weighted by Gasteiger charge is 2.02. The van der Waals surface area contributed by atoms with E-state index in [1.165, 1.54) is 27.2 Å². The van der Waals surface area contributed by atoms with Crippen molar-refractivity contribution in [2.45, 2.75) is 12.2 Å². The molecule has 0 amide bonds. The quantitative estimate of drug-likeness (QED) is 0.485. The van der Waals surface area contributed by atoms with E-state index in [0.717, 1.165) is 9.28 Å². The van der Waals surface area contributed by atoms with Gasteiger partial charge in [0.25, 0.3) is 0 Å². The third kappa shape index (κ3) is 7.70. The molecule has 0 unspecified atom stereocenters. The molecule has 92 valence electrons. The second-order valence-electron chi connectivity index (χ2n) is 3.07. The summed E-state index contributed by atoms with van der Waals surface area (Å²) in [5.74, 6) is 0.694. The van der Waals surface area contributed by atoms with Gasteiger partial charge in [-0.1, -0.05) is 53.3 Å². The number of benzene rings is 1. The molecule has 1 rings (SSSR count). The molecule has 0 bridgehead atoms. The zero-order valence-corrected chi connectivity index (χ0v) is 12.3. The lowest BCUT2D eigenvalue weighted by molar-refractivity contribution is -0.136. The van der Waals surface area contributed by atoms with Gasteiger partial charge in [-0.3, -0.25) is 4.79 Å². The fourth-order valence-corrected chi connectivity index (χ4v) is 4.51. The molecule has 0 aromatic heterocycles. The van der Waals surface area contributed by atoms with Crippen molar-refractivity contribution in [2.24, 2.45) is 0 Å². The Morgan fingerprint density at radius 1 is 1.29 bits per heavy atom. The Labute approximate surface area is 118 Å². The van der Waals surface area contributed by atoms with Crippen molar-refractivity contribution in [1.82, 2.24) is 0 Å². The van der Waals surface area contributed by atoms with Crippen LogP contribution in [-0.4, -0.2) is 20.4 Å². The van der Waals surface area contributed by atoms with Crippen LogP contribution in [0.25, 0.3) is 0 Å². The van der Waals surface area contributed by atoms with Crippen LogP contribution in [0.5, 0.6) is 0 Å². The number of hydrogen-bond acceptors (Lipinski definition) is 5. The van der Waals surface area contributed by atoms with Gasteiger partial charge in [0, 0.05) is 11.5 Å². The van der Waals surface area contributed by atoms with Crippen LogP contribution < -0.4 is 0 Å². The molecule has 1 aromatic carbocycles. The minimum Gasteiger partial charge on any atom is -0.481 e. The van der Waals surface area contributed by atoms with Crippen molar-refractivity contribution in [1.29, 1.82) is 0 Å². The lowest BCUT2D eigenvalue weighted by Crippen LogP contribution is -1.95. The minimum atomic E-state index is -0.763. The van der Waals surface area contributed by atoms with E-state index in [0.29, 0.717) is 5.75 Å². The summed E-state index contributed by atoms with van der Waals surface area (Å²) in [6.07, 6.45) is 0.184.